The van der Waals surface area contributed by atoms with Gasteiger partial charge in [-0.25, -0.2) is 0 Å². The number of allylic oxidation sites excluding steroid dienone is 4. The summed E-state index contributed by atoms with van der Waals surface area (Å²) in [5.41, 5.74) is 4.35. The van der Waals surface area contributed by atoms with Gasteiger partial charge in [-0.3, -0.25) is 0 Å². The molecular formula is C24H27Cl3SiTi. The van der Waals surface area contributed by atoms with Crippen molar-refractivity contribution in [2.75, 3.05) is 0 Å². The number of hydrogen-bond acceptors (Lipinski definition) is 0. The van der Waals surface area contributed by atoms with Crippen molar-refractivity contribution in [3.8, 4) is 0 Å². The van der Waals surface area contributed by atoms with Crippen molar-refractivity contribution in [1.82, 2.24) is 0 Å². The summed E-state index contributed by atoms with van der Waals surface area (Å²) < 4.78 is 0. The molecule has 0 radical (unpaired) electrons. The van der Waals surface area contributed by atoms with Crippen molar-refractivity contribution in [2.45, 2.75) is 44.9 Å². The first-order valence-corrected chi connectivity index (χ1v) is 11.2. The summed E-state index contributed by atoms with van der Waals surface area (Å²) in [6.07, 6.45) is 13.5. The molecule has 4 rings (SSSR count). The van der Waals surface area contributed by atoms with Crippen LogP contribution in [0.25, 0.3) is 5.57 Å². The van der Waals surface area contributed by atoms with Crippen LogP contribution in [0.15, 0.2) is 71.4 Å². The fourth-order valence-corrected chi connectivity index (χ4v) is 6.29. The van der Waals surface area contributed by atoms with Crippen LogP contribution in [0, 0.1) is 12.0 Å². The molecule has 0 unspecified atom stereocenters. The maximum Gasteiger partial charge on any atom is 4.00 e. The zero-order chi connectivity index (χ0) is 16.9. The molecule has 0 nitrogen and oxygen atoms in total. The smallest absolute Gasteiger partial charge is 1.00 e. The summed E-state index contributed by atoms with van der Waals surface area (Å²) >= 11 is 0. The van der Waals surface area contributed by atoms with Crippen LogP contribution in [-0.2, 0) is 21.7 Å². The van der Waals surface area contributed by atoms with Gasteiger partial charge < -0.3 is 37.2 Å². The maximum atomic E-state index is 3.86. The van der Waals surface area contributed by atoms with Gasteiger partial charge in [0.05, 0.1) is 0 Å². The van der Waals surface area contributed by atoms with Gasteiger partial charge in [-0.1, -0.05) is 92.2 Å². The van der Waals surface area contributed by atoms with Crippen LogP contribution in [0.4, 0.5) is 0 Å². The number of benzene rings is 2. The molecule has 1 fully saturated rings. The van der Waals surface area contributed by atoms with Crippen molar-refractivity contribution < 1.29 is 58.9 Å². The van der Waals surface area contributed by atoms with E-state index in [1.165, 1.54) is 56.1 Å². The van der Waals surface area contributed by atoms with Crippen molar-refractivity contribution in [3.05, 3.63) is 83.1 Å². The molecule has 0 spiro atoms. The Hall–Kier alpha value is -0.279. The van der Waals surface area contributed by atoms with Gasteiger partial charge in [-0.15, -0.1) is 23.3 Å². The third-order valence-electron chi connectivity index (χ3n) is 5.66. The molecule has 29 heavy (non-hydrogen) atoms. The van der Waals surface area contributed by atoms with Gasteiger partial charge in [-0.2, -0.15) is 16.8 Å². The summed E-state index contributed by atoms with van der Waals surface area (Å²) in [6.45, 7) is 0. The molecule has 2 aliphatic carbocycles. The normalized spacial score (nSPS) is 16.3. The molecule has 0 aliphatic heterocycles. The fraction of sp³-hybridized carbons (Fsp3) is 0.333. The van der Waals surface area contributed by atoms with Crippen LogP contribution in [0.2, 0.25) is 0 Å². The largest absolute Gasteiger partial charge is 4.00 e. The van der Waals surface area contributed by atoms with Gasteiger partial charge in [0.1, 0.15) is 0 Å². The second kappa shape index (κ2) is 14.7. The Labute approximate surface area is 212 Å². The quantitative estimate of drug-likeness (QED) is 0.292. The van der Waals surface area contributed by atoms with Crippen LogP contribution in [-0.4, -0.2) is 9.52 Å². The first-order valence-electron chi connectivity index (χ1n) is 9.81. The first-order chi connectivity index (χ1) is 12.4. The first kappa shape index (κ1) is 28.7. The van der Waals surface area contributed by atoms with Gasteiger partial charge in [0, 0.05) is 9.52 Å². The van der Waals surface area contributed by atoms with E-state index in [-0.39, 0.29) is 58.9 Å². The fourth-order valence-electron chi connectivity index (χ4n) is 4.39. The molecule has 0 bridgehead atoms. The predicted octanol–water partition coefficient (Wildman–Crippen LogP) is -3.99. The predicted molar refractivity (Wildman–Crippen MR) is 111 cm³/mol. The zero-order valence-corrected chi connectivity index (χ0v) is 21.9. The molecule has 0 heterocycles. The number of halogens is 3. The van der Waals surface area contributed by atoms with Gasteiger partial charge in [-0.05, 0) is 12.3 Å². The standard InChI is InChI=1S/C24H27Si.3ClH.Ti/c1-4-10-19(11-5-1)16-20-17-23(21-12-6-2-7-13-21)24(18-20)25-22-14-8-3-9-15-22;;;;/h2-3,6-9,12-15,19H,1,4-5,10-11,16,18,25H2;3*1H;/q-1;;;;+4/p-3. The average Bonchev–Trinajstić information content (AvgIpc) is 3.06. The Morgan fingerprint density at radius 1 is 0.793 bits per heavy atom. The van der Waals surface area contributed by atoms with E-state index in [4.69, 9.17) is 0 Å². The molecule has 2 aromatic rings. The number of rotatable bonds is 5. The van der Waals surface area contributed by atoms with Crippen LogP contribution in [0.3, 0.4) is 0 Å². The molecule has 0 amide bonds. The Kier molecular flexibility index (Phi) is 14.5. The summed E-state index contributed by atoms with van der Waals surface area (Å²) in [5, 5.41) is 3.23. The Morgan fingerprint density at radius 2 is 1.38 bits per heavy atom. The van der Waals surface area contributed by atoms with Crippen LogP contribution < -0.4 is 42.4 Å². The van der Waals surface area contributed by atoms with E-state index < -0.39 is 9.52 Å². The van der Waals surface area contributed by atoms with E-state index in [2.05, 4.69) is 66.7 Å². The number of hydrogen-bond donors (Lipinski definition) is 0. The van der Waals surface area contributed by atoms with Gasteiger partial charge >= 0.3 is 21.7 Å². The second-order valence-electron chi connectivity index (χ2n) is 7.62. The van der Waals surface area contributed by atoms with Gasteiger partial charge in [0.25, 0.3) is 0 Å². The third-order valence-corrected chi connectivity index (χ3v) is 7.57. The van der Waals surface area contributed by atoms with Gasteiger partial charge in [0.15, 0.2) is 0 Å². The minimum atomic E-state index is -0.399. The van der Waals surface area contributed by atoms with Crippen LogP contribution >= 0.6 is 0 Å². The average molecular weight is 498 g/mol. The molecule has 0 aromatic heterocycles. The summed E-state index contributed by atoms with van der Waals surface area (Å²) in [5.74, 6) is 0.908. The zero-order valence-electron chi connectivity index (χ0n) is 16.6. The molecule has 1 saturated carbocycles. The van der Waals surface area contributed by atoms with E-state index in [0.717, 1.165) is 5.92 Å². The Bertz CT molecular complexity index is 769. The molecule has 5 heteroatoms. The Balaban J connectivity index is 0.00000196. The monoisotopic (exact) mass is 496 g/mol. The van der Waals surface area contributed by atoms with E-state index in [9.17, 15) is 0 Å². The van der Waals surface area contributed by atoms with Crippen molar-refractivity contribution in [1.29, 1.82) is 0 Å². The minimum Gasteiger partial charge on any atom is -1.00 e. The molecule has 2 aliphatic rings. The molecule has 0 saturated heterocycles. The second-order valence-corrected chi connectivity index (χ2v) is 9.64. The van der Waals surface area contributed by atoms with Crippen molar-refractivity contribution >= 4 is 20.3 Å². The summed E-state index contributed by atoms with van der Waals surface area (Å²) in [6, 6.07) is 22.0. The van der Waals surface area contributed by atoms with E-state index in [0.29, 0.717) is 0 Å². The van der Waals surface area contributed by atoms with Gasteiger partial charge in [0.2, 0.25) is 0 Å². The minimum absolute atomic E-state index is 0. The molecule has 2 aromatic carbocycles. The topological polar surface area (TPSA) is 0 Å². The third kappa shape index (κ3) is 8.05. The van der Waals surface area contributed by atoms with E-state index in [1.54, 1.807) is 16.0 Å². The molecule has 152 valence electrons. The van der Waals surface area contributed by atoms with Crippen molar-refractivity contribution in [2.24, 2.45) is 5.92 Å². The van der Waals surface area contributed by atoms with Crippen LogP contribution in [0.1, 0.15) is 50.5 Å². The maximum absolute atomic E-state index is 3.86. The SMILES string of the molecule is [C-]1=C(CC2CCCCC2)CC([SiH2]c2ccccc2)=C1c1ccccc1.[Cl-].[Cl-].[Cl-].[Ti+4]. The molecule has 0 N–H and O–H groups in total. The summed E-state index contributed by atoms with van der Waals surface area (Å²) in [7, 11) is -0.399. The molecule has 0 atom stereocenters. The van der Waals surface area contributed by atoms with E-state index >= 15 is 0 Å². The molecular weight excluding hydrogens is 471 g/mol. The van der Waals surface area contributed by atoms with E-state index in [1.807, 2.05) is 0 Å². The Morgan fingerprint density at radius 3 is 2.00 bits per heavy atom. The van der Waals surface area contributed by atoms with Crippen LogP contribution in [0.5, 0.6) is 0 Å². The van der Waals surface area contributed by atoms with Crippen molar-refractivity contribution in [3.63, 3.8) is 0 Å². The summed E-state index contributed by atoms with van der Waals surface area (Å²) in [4.78, 5) is 0.